The molecule has 0 aromatic heterocycles. The second-order valence-electron chi connectivity index (χ2n) is 4.53. The molecule has 2 aliphatic rings. The molecule has 0 bridgehead atoms. The minimum Gasteiger partial charge on any atom is -0.368 e. The highest BCUT2D eigenvalue weighted by molar-refractivity contribution is 5.77. The quantitative estimate of drug-likeness (QED) is 0.768. The van der Waals surface area contributed by atoms with Crippen molar-refractivity contribution in [3.8, 4) is 0 Å². The predicted molar refractivity (Wildman–Crippen MR) is 68.2 cm³/mol. The fourth-order valence-corrected chi connectivity index (χ4v) is 2.80. The van der Waals surface area contributed by atoms with E-state index in [1.165, 1.54) is 23.5 Å². The molecule has 2 heterocycles. The highest BCUT2D eigenvalue weighted by Crippen LogP contribution is 2.36. The SMILES string of the molecule is CCN1CCN2CCNCc3cccc1c32. The van der Waals surface area contributed by atoms with Gasteiger partial charge in [-0.15, -0.1) is 0 Å². The van der Waals surface area contributed by atoms with Gasteiger partial charge in [0.25, 0.3) is 0 Å². The van der Waals surface area contributed by atoms with E-state index in [1.807, 2.05) is 0 Å². The van der Waals surface area contributed by atoms with Crippen LogP contribution in [0.5, 0.6) is 0 Å². The maximum absolute atomic E-state index is 3.50. The molecule has 0 aliphatic carbocycles. The Balaban J connectivity index is 2.11. The molecule has 0 atom stereocenters. The van der Waals surface area contributed by atoms with Gasteiger partial charge in [-0.3, -0.25) is 0 Å². The molecule has 0 radical (unpaired) electrons. The van der Waals surface area contributed by atoms with E-state index >= 15 is 0 Å². The number of likely N-dealkylation sites (N-methyl/N-ethyl adjacent to an activating group) is 1. The van der Waals surface area contributed by atoms with Crippen LogP contribution in [0, 0.1) is 0 Å². The monoisotopic (exact) mass is 217 g/mol. The zero-order chi connectivity index (χ0) is 11.0. The molecule has 1 N–H and O–H groups in total. The van der Waals surface area contributed by atoms with E-state index in [4.69, 9.17) is 0 Å². The van der Waals surface area contributed by atoms with Gasteiger partial charge >= 0.3 is 0 Å². The summed E-state index contributed by atoms with van der Waals surface area (Å²) in [7, 11) is 0. The van der Waals surface area contributed by atoms with Crippen LogP contribution in [0.2, 0.25) is 0 Å². The number of benzene rings is 1. The number of nitrogens with one attached hydrogen (secondary N) is 1. The van der Waals surface area contributed by atoms with Gasteiger partial charge < -0.3 is 15.1 Å². The molecule has 86 valence electrons. The average molecular weight is 217 g/mol. The number of rotatable bonds is 1. The van der Waals surface area contributed by atoms with E-state index in [2.05, 4.69) is 40.2 Å². The molecular weight excluding hydrogens is 198 g/mol. The van der Waals surface area contributed by atoms with Gasteiger partial charge in [-0.2, -0.15) is 0 Å². The van der Waals surface area contributed by atoms with Gasteiger partial charge in [0.15, 0.2) is 0 Å². The van der Waals surface area contributed by atoms with Gasteiger partial charge in [0.2, 0.25) is 0 Å². The lowest BCUT2D eigenvalue weighted by Crippen LogP contribution is -2.42. The Kier molecular flexibility index (Phi) is 2.48. The maximum Gasteiger partial charge on any atom is 0.0650 e. The summed E-state index contributed by atoms with van der Waals surface area (Å²) in [5.41, 5.74) is 4.35. The molecule has 0 saturated heterocycles. The van der Waals surface area contributed by atoms with Crippen molar-refractivity contribution in [2.45, 2.75) is 13.5 Å². The topological polar surface area (TPSA) is 18.5 Å². The summed E-state index contributed by atoms with van der Waals surface area (Å²) < 4.78 is 0. The third-order valence-electron chi connectivity index (χ3n) is 3.65. The second kappa shape index (κ2) is 3.98. The van der Waals surface area contributed by atoms with Crippen LogP contribution in [-0.2, 0) is 6.54 Å². The van der Waals surface area contributed by atoms with E-state index in [0.29, 0.717) is 0 Å². The minimum absolute atomic E-state index is 1.01. The highest BCUT2D eigenvalue weighted by atomic mass is 15.3. The van der Waals surface area contributed by atoms with E-state index in [1.54, 1.807) is 0 Å². The summed E-state index contributed by atoms with van der Waals surface area (Å²) in [5, 5.41) is 3.50. The molecule has 16 heavy (non-hydrogen) atoms. The number of para-hydroxylation sites is 1. The first-order chi connectivity index (χ1) is 7.90. The number of nitrogens with zero attached hydrogens (tertiary/aromatic N) is 2. The van der Waals surface area contributed by atoms with Gasteiger partial charge in [-0.1, -0.05) is 12.1 Å². The van der Waals surface area contributed by atoms with Crippen molar-refractivity contribution in [2.75, 3.05) is 42.5 Å². The van der Waals surface area contributed by atoms with Crippen molar-refractivity contribution >= 4 is 11.4 Å². The lowest BCUT2D eigenvalue weighted by molar-refractivity contribution is 0.671. The molecule has 3 heteroatoms. The molecule has 0 amide bonds. The summed E-state index contributed by atoms with van der Waals surface area (Å²) in [4.78, 5) is 5.03. The molecule has 0 fully saturated rings. The largest absolute Gasteiger partial charge is 0.368 e. The summed E-state index contributed by atoms with van der Waals surface area (Å²) in [6.07, 6.45) is 0. The molecule has 0 spiro atoms. The van der Waals surface area contributed by atoms with Crippen LogP contribution in [0.3, 0.4) is 0 Å². The first-order valence-electron chi connectivity index (χ1n) is 6.22. The lowest BCUT2D eigenvalue weighted by Gasteiger charge is -2.38. The fourth-order valence-electron chi connectivity index (χ4n) is 2.80. The molecular formula is C13H19N3. The molecule has 0 unspecified atom stereocenters. The number of anilines is 2. The van der Waals surface area contributed by atoms with E-state index in [9.17, 15) is 0 Å². The van der Waals surface area contributed by atoms with Crippen molar-refractivity contribution in [3.63, 3.8) is 0 Å². The van der Waals surface area contributed by atoms with Crippen molar-refractivity contribution in [3.05, 3.63) is 23.8 Å². The van der Waals surface area contributed by atoms with Crippen LogP contribution in [0.1, 0.15) is 12.5 Å². The first-order valence-corrected chi connectivity index (χ1v) is 6.22. The van der Waals surface area contributed by atoms with Crippen molar-refractivity contribution in [1.29, 1.82) is 0 Å². The van der Waals surface area contributed by atoms with Gasteiger partial charge in [0.05, 0.1) is 11.4 Å². The minimum atomic E-state index is 1.01. The Morgan fingerprint density at radius 3 is 3.06 bits per heavy atom. The van der Waals surface area contributed by atoms with Crippen LogP contribution >= 0.6 is 0 Å². The zero-order valence-electron chi connectivity index (χ0n) is 9.87. The summed E-state index contributed by atoms with van der Waals surface area (Å²) in [6.45, 7) is 8.92. The van der Waals surface area contributed by atoms with E-state index in [0.717, 1.165) is 32.7 Å². The van der Waals surface area contributed by atoms with Crippen LogP contribution < -0.4 is 15.1 Å². The third kappa shape index (κ3) is 1.47. The van der Waals surface area contributed by atoms with Crippen molar-refractivity contribution < 1.29 is 0 Å². The molecule has 1 aromatic rings. The summed E-state index contributed by atoms with van der Waals surface area (Å²) >= 11 is 0. The molecule has 3 nitrogen and oxygen atoms in total. The van der Waals surface area contributed by atoms with Crippen LogP contribution in [0.25, 0.3) is 0 Å². The van der Waals surface area contributed by atoms with Crippen LogP contribution in [0.15, 0.2) is 18.2 Å². The Hall–Kier alpha value is -1.22. The molecule has 3 rings (SSSR count). The molecule has 0 saturated carbocycles. The molecule has 2 aliphatic heterocycles. The lowest BCUT2D eigenvalue weighted by atomic mass is 10.1. The van der Waals surface area contributed by atoms with Crippen molar-refractivity contribution in [2.24, 2.45) is 0 Å². The Morgan fingerprint density at radius 1 is 1.25 bits per heavy atom. The van der Waals surface area contributed by atoms with Crippen molar-refractivity contribution in [1.82, 2.24) is 5.32 Å². The van der Waals surface area contributed by atoms with Crippen LogP contribution in [0.4, 0.5) is 11.4 Å². The van der Waals surface area contributed by atoms with Crippen LogP contribution in [-0.4, -0.2) is 32.7 Å². The van der Waals surface area contributed by atoms with Gasteiger partial charge in [0.1, 0.15) is 0 Å². The maximum atomic E-state index is 3.50. The number of hydrogen-bond donors (Lipinski definition) is 1. The summed E-state index contributed by atoms with van der Waals surface area (Å²) in [5.74, 6) is 0. The number of hydrogen-bond acceptors (Lipinski definition) is 3. The zero-order valence-corrected chi connectivity index (χ0v) is 9.87. The van der Waals surface area contributed by atoms with Gasteiger partial charge in [-0.05, 0) is 18.6 Å². The Labute approximate surface area is 97.0 Å². The summed E-state index contributed by atoms with van der Waals surface area (Å²) in [6, 6.07) is 6.70. The third-order valence-corrected chi connectivity index (χ3v) is 3.65. The van der Waals surface area contributed by atoms with E-state index < -0.39 is 0 Å². The fraction of sp³-hybridized carbons (Fsp3) is 0.538. The second-order valence-corrected chi connectivity index (χ2v) is 4.53. The Morgan fingerprint density at radius 2 is 2.19 bits per heavy atom. The van der Waals surface area contributed by atoms with Gasteiger partial charge in [0, 0.05) is 39.3 Å². The predicted octanol–water partition coefficient (Wildman–Crippen LogP) is 1.44. The van der Waals surface area contributed by atoms with E-state index in [-0.39, 0.29) is 0 Å². The highest BCUT2D eigenvalue weighted by Gasteiger charge is 2.25. The average Bonchev–Trinajstić information content (AvgIpc) is 2.54. The van der Waals surface area contributed by atoms with Gasteiger partial charge in [-0.25, -0.2) is 0 Å². The molecule has 1 aromatic carbocycles. The standard InChI is InChI=1S/C13H19N3/c1-2-15-8-9-16-7-6-14-10-11-4-3-5-12(15)13(11)16/h3-5,14H,2,6-10H2,1H3. The Bertz CT molecular complexity index is 389. The smallest absolute Gasteiger partial charge is 0.0650 e. The first kappa shape index (κ1) is 9.97. The normalized spacial score (nSPS) is 19.3.